The Morgan fingerprint density at radius 2 is 2.25 bits per heavy atom. The second-order valence-corrected chi connectivity index (χ2v) is 4.60. The number of alkyl halides is 1. The quantitative estimate of drug-likeness (QED) is 0.714. The maximum atomic E-state index is 4.51. The second kappa shape index (κ2) is 5.12. The van der Waals surface area contributed by atoms with Crippen molar-refractivity contribution >= 4 is 32.9 Å². The molecule has 0 N–H and O–H groups in total. The monoisotopic (exact) mass is 250 g/mol. The normalized spacial score (nSPS) is 22.6. The Morgan fingerprint density at radius 1 is 1.58 bits per heavy atom. The van der Waals surface area contributed by atoms with Crippen molar-refractivity contribution in [1.29, 1.82) is 0 Å². The lowest BCUT2D eigenvalue weighted by Crippen LogP contribution is -2.27. The van der Waals surface area contributed by atoms with Crippen LogP contribution in [0.25, 0.3) is 0 Å². The molecule has 70 valence electrons. The average molecular weight is 251 g/mol. The summed E-state index contributed by atoms with van der Waals surface area (Å²) in [7, 11) is 0. The molecule has 1 aliphatic rings. The molecule has 0 aromatic heterocycles. The Hall–Kier alpha value is 0.300. The van der Waals surface area contributed by atoms with Crippen LogP contribution in [0.4, 0.5) is 0 Å². The Bertz CT molecular complexity index is 168. The van der Waals surface area contributed by atoms with Crippen LogP contribution in [0.2, 0.25) is 0 Å². The van der Waals surface area contributed by atoms with Crippen molar-refractivity contribution in [1.82, 2.24) is 4.90 Å². The van der Waals surface area contributed by atoms with Gasteiger partial charge in [-0.2, -0.15) is 0 Å². The van der Waals surface area contributed by atoms with Gasteiger partial charge in [0, 0.05) is 23.7 Å². The summed E-state index contributed by atoms with van der Waals surface area (Å²) in [5.41, 5.74) is 0. The standard InChI is InChI=1S/C8H15BrN2S/c1-3-11(4-2)8-10-6-7(5-9)12-8/h7H,3-6H2,1-2H3. The highest BCUT2D eigenvalue weighted by molar-refractivity contribution is 9.09. The van der Waals surface area contributed by atoms with Gasteiger partial charge in [0.1, 0.15) is 0 Å². The van der Waals surface area contributed by atoms with E-state index in [9.17, 15) is 0 Å². The highest BCUT2D eigenvalue weighted by Crippen LogP contribution is 2.24. The molecule has 1 rings (SSSR count). The predicted octanol–water partition coefficient (Wildman–Crippen LogP) is 2.19. The lowest BCUT2D eigenvalue weighted by Gasteiger charge is -2.19. The van der Waals surface area contributed by atoms with Crippen LogP contribution in [0, 0.1) is 0 Å². The van der Waals surface area contributed by atoms with E-state index in [2.05, 4.69) is 39.7 Å². The summed E-state index contributed by atoms with van der Waals surface area (Å²) in [5.74, 6) is 0. The van der Waals surface area contributed by atoms with Crippen LogP contribution in [0.15, 0.2) is 4.99 Å². The molecule has 0 amide bonds. The van der Waals surface area contributed by atoms with Gasteiger partial charge in [-0.3, -0.25) is 4.99 Å². The third-order valence-electron chi connectivity index (χ3n) is 1.91. The first-order valence-electron chi connectivity index (χ1n) is 4.33. The molecule has 2 nitrogen and oxygen atoms in total. The van der Waals surface area contributed by atoms with Crippen LogP contribution < -0.4 is 0 Å². The van der Waals surface area contributed by atoms with E-state index in [1.54, 1.807) is 0 Å². The Kier molecular flexibility index (Phi) is 4.43. The largest absolute Gasteiger partial charge is 0.352 e. The number of halogens is 1. The van der Waals surface area contributed by atoms with Gasteiger partial charge in [-0.1, -0.05) is 27.7 Å². The number of nitrogens with zero attached hydrogens (tertiary/aromatic N) is 2. The lowest BCUT2D eigenvalue weighted by molar-refractivity contribution is 0.474. The fourth-order valence-corrected chi connectivity index (χ4v) is 2.82. The lowest BCUT2D eigenvalue weighted by atomic mass is 10.5. The summed E-state index contributed by atoms with van der Waals surface area (Å²) in [5, 5.41) is 2.93. The zero-order chi connectivity index (χ0) is 8.97. The van der Waals surface area contributed by atoms with Crippen molar-refractivity contribution < 1.29 is 0 Å². The number of hydrogen-bond donors (Lipinski definition) is 0. The SMILES string of the molecule is CCN(CC)C1=NCC(CBr)S1. The van der Waals surface area contributed by atoms with Crippen LogP contribution in [0.5, 0.6) is 0 Å². The van der Waals surface area contributed by atoms with Crippen molar-refractivity contribution in [2.75, 3.05) is 25.0 Å². The van der Waals surface area contributed by atoms with E-state index in [0.717, 1.165) is 25.0 Å². The summed E-state index contributed by atoms with van der Waals surface area (Å²) >= 11 is 5.38. The molecule has 1 aliphatic heterocycles. The topological polar surface area (TPSA) is 15.6 Å². The second-order valence-electron chi connectivity index (χ2n) is 2.69. The van der Waals surface area contributed by atoms with Crippen molar-refractivity contribution in [3.05, 3.63) is 0 Å². The summed E-state index contributed by atoms with van der Waals surface area (Å²) in [4.78, 5) is 6.82. The minimum absolute atomic E-state index is 0.653. The van der Waals surface area contributed by atoms with Gasteiger partial charge in [-0.15, -0.1) is 0 Å². The highest BCUT2D eigenvalue weighted by Gasteiger charge is 2.21. The fourth-order valence-electron chi connectivity index (χ4n) is 1.15. The molecule has 0 aromatic carbocycles. The molecule has 0 spiro atoms. The van der Waals surface area contributed by atoms with Crippen molar-refractivity contribution in [3.8, 4) is 0 Å². The number of aliphatic imine (C=N–C) groups is 1. The van der Waals surface area contributed by atoms with Crippen LogP contribution >= 0.6 is 27.7 Å². The van der Waals surface area contributed by atoms with Crippen molar-refractivity contribution in [3.63, 3.8) is 0 Å². The Morgan fingerprint density at radius 3 is 2.67 bits per heavy atom. The molecule has 12 heavy (non-hydrogen) atoms. The predicted molar refractivity (Wildman–Crippen MR) is 60.4 cm³/mol. The molecule has 0 bridgehead atoms. The molecule has 0 radical (unpaired) electrons. The molecule has 1 unspecified atom stereocenters. The van der Waals surface area contributed by atoms with Crippen LogP contribution in [-0.4, -0.2) is 40.3 Å². The van der Waals surface area contributed by atoms with Crippen LogP contribution in [-0.2, 0) is 0 Å². The van der Waals surface area contributed by atoms with Gasteiger partial charge in [0.2, 0.25) is 0 Å². The maximum absolute atomic E-state index is 4.51. The fraction of sp³-hybridized carbons (Fsp3) is 0.875. The van der Waals surface area contributed by atoms with Gasteiger partial charge >= 0.3 is 0 Å². The molecule has 0 saturated carbocycles. The zero-order valence-corrected chi connectivity index (χ0v) is 9.99. The van der Waals surface area contributed by atoms with Gasteiger partial charge in [0.05, 0.1) is 6.54 Å². The molecular weight excluding hydrogens is 236 g/mol. The molecule has 0 fully saturated rings. The molecule has 0 saturated heterocycles. The third kappa shape index (κ3) is 2.39. The van der Waals surface area contributed by atoms with E-state index in [-0.39, 0.29) is 0 Å². The summed E-state index contributed by atoms with van der Waals surface area (Å²) in [6.45, 7) is 7.46. The first-order valence-corrected chi connectivity index (χ1v) is 6.33. The summed E-state index contributed by atoms with van der Waals surface area (Å²) in [6, 6.07) is 0. The van der Waals surface area contributed by atoms with Crippen LogP contribution in [0.1, 0.15) is 13.8 Å². The number of amidine groups is 1. The van der Waals surface area contributed by atoms with E-state index in [4.69, 9.17) is 0 Å². The average Bonchev–Trinajstić information content (AvgIpc) is 2.55. The minimum atomic E-state index is 0.653. The van der Waals surface area contributed by atoms with E-state index in [1.807, 2.05) is 11.8 Å². The summed E-state index contributed by atoms with van der Waals surface area (Å²) in [6.07, 6.45) is 0. The summed E-state index contributed by atoms with van der Waals surface area (Å²) < 4.78 is 0. The van der Waals surface area contributed by atoms with Crippen molar-refractivity contribution in [2.45, 2.75) is 19.1 Å². The van der Waals surface area contributed by atoms with Crippen LogP contribution in [0.3, 0.4) is 0 Å². The molecular formula is C8H15BrN2S. The van der Waals surface area contributed by atoms with E-state index >= 15 is 0 Å². The zero-order valence-electron chi connectivity index (χ0n) is 7.59. The number of hydrogen-bond acceptors (Lipinski definition) is 3. The van der Waals surface area contributed by atoms with E-state index in [0.29, 0.717) is 5.25 Å². The first-order chi connectivity index (χ1) is 5.81. The molecule has 0 aromatic rings. The Balaban J connectivity index is 2.43. The van der Waals surface area contributed by atoms with E-state index in [1.165, 1.54) is 5.17 Å². The minimum Gasteiger partial charge on any atom is -0.352 e. The molecule has 1 atom stereocenters. The molecule has 1 heterocycles. The van der Waals surface area contributed by atoms with Gasteiger partial charge < -0.3 is 4.90 Å². The van der Waals surface area contributed by atoms with Gasteiger partial charge in [-0.05, 0) is 13.8 Å². The number of thioether (sulfide) groups is 1. The first kappa shape index (κ1) is 10.4. The molecule has 0 aliphatic carbocycles. The van der Waals surface area contributed by atoms with Crippen molar-refractivity contribution in [2.24, 2.45) is 4.99 Å². The van der Waals surface area contributed by atoms with Gasteiger partial charge in [0.15, 0.2) is 5.17 Å². The van der Waals surface area contributed by atoms with Gasteiger partial charge in [-0.25, -0.2) is 0 Å². The van der Waals surface area contributed by atoms with Gasteiger partial charge in [0.25, 0.3) is 0 Å². The third-order valence-corrected chi connectivity index (χ3v) is 4.37. The van der Waals surface area contributed by atoms with E-state index < -0.39 is 0 Å². The maximum Gasteiger partial charge on any atom is 0.159 e. The highest BCUT2D eigenvalue weighted by atomic mass is 79.9. The smallest absolute Gasteiger partial charge is 0.159 e. The number of rotatable bonds is 3. The Labute approximate surface area is 86.9 Å². The molecule has 4 heteroatoms.